The fraction of sp³-hybridized carbons (Fsp3) is 0.867. The van der Waals surface area contributed by atoms with E-state index >= 15 is 0 Å². The number of Topliss-reactive ketones (excluding diaryl/α,β-unsaturated/α-hetero) is 1. The van der Waals surface area contributed by atoms with Crippen LogP contribution >= 0.6 is 0 Å². The molecule has 19 heavy (non-hydrogen) atoms. The van der Waals surface area contributed by atoms with Gasteiger partial charge in [-0.15, -0.1) is 0 Å². The number of nitrogens with zero attached hydrogens (tertiary/aromatic N) is 1. The highest BCUT2D eigenvalue weighted by Gasteiger charge is 2.41. The number of carbonyl (C=O) groups is 2. The van der Waals surface area contributed by atoms with Gasteiger partial charge in [0.05, 0.1) is 12.1 Å². The van der Waals surface area contributed by atoms with Crippen LogP contribution in [0, 0.1) is 5.41 Å². The Morgan fingerprint density at radius 1 is 1.16 bits per heavy atom. The van der Waals surface area contributed by atoms with E-state index in [1.54, 1.807) is 11.8 Å². The number of amides is 1. The average molecular weight is 266 g/mol. The van der Waals surface area contributed by atoms with Crippen LogP contribution in [0.25, 0.3) is 0 Å². The molecule has 4 heteroatoms. The number of hydrogen-bond donors (Lipinski definition) is 1. The molecule has 1 N–H and O–H groups in total. The largest absolute Gasteiger partial charge is 0.333 e. The predicted octanol–water partition coefficient (Wildman–Crippen LogP) is 1.73. The fourth-order valence-electron chi connectivity index (χ4n) is 3.32. The molecule has 3 atom stereocenters. The number of likely N-dealkylation sites (tertiary alicyclic amines) is 1. The third kappa shape index (κ3) is 2.99. The molecule has 1 unspecified atom stereocenters. The zero-order valence-corrected chi connectivity index (χ0v) is 12.5. The van der Waals surface area contributed by atoms with Gasteiger partial charge in [0, 0.05) is 19.5 Å². The summed E-state index contributed by atoms with van der Waals surface area (Å²) in [5.74, 6) is 0.251. The van der Waals surface area contributed by atoms with E-state index in [2.05, 4.69) is 26.1 Å². The highest BCUT2D eigenvalue weighted by Crippen LogP contribution is 2.30. The molecule has 0 bridgehead atoms. The lowest BCUT2D eigenvalue weighted by molar-refractivity contribution is -0.136. The van der Waals surface area contributed by atoms with Gasteiger partial charge in [-0.1, -0.05) is 20.8 Å². The molecule has 2 aliphatic heterocycles. The van der Waals surface area contributed by atoms with Gasteiger partial charge < -0.3 is 10.2 Å². The Hall–Kier alpha value is -0.900. The van der Waals surface area contributed by atoms with Crippen molar-refractivity contribution in [3.63, 3.8) is 0 Å². The molecule has 0 aromatic rings. The van der Waals surface area contributed by atoms with Crippen molar-refractivity contribution in [1.82, 2.24) is 10.2 Å². The Kier molecular flexibility index (Phi) is 4.00. The van der Waals surface area contributed by atoms with Crippen LogP contribution < -0.4 is 5.32 Å². The Morgan fingerprint density at radius 3 is 2.37 bits per heavy atom. The molecule has 0 saturated carbocycles. The summed E-state index contributed by atoms with van der Waals surface area (Å²) < 4.78 is 0. The summed E-state index contributed by atoms with van der Waals surface area (Å²) >= 11 is 0. The lowest BCUT2D eigenvalue weighted by Crippen LogP contribution is -2.49. The molecule has 0 spiro atoms. The number of ketones is 1. The molecule has 0 radical (unpaired) electrons. The molecule has 0 aromatic heterocycles. The van der Waals surface area contributed by atoms with Crippen molar-refractivity contribution in [3.8, 4) is 0 Å². The van der Waals surface area contributed by atoms with Gasteiger partial charge in [-0.2, -0.15) is 0 Å². The predicted molar refractivity (Wildman–Crippen MR) is 74.8 cm³/mol. The zero-order chi connectivity index (χ0) is 14.2. The lowest BCUT2D eigenvalue weighted by atomic mass is 9.86. The van der Waals surface area contributed by atoms with E-state index in [-0.39, 0.29) is 29.2 Å². The maximum absolute atomic E-state index is 12.6. The standard InChI is InChI=1S/C15H26N2O2/c1-10(18)17-9-5-6-12(17)14(19)11-7-8-13(16-11)15(2,3)4/h11-13,16H,5-9H2,1-4H3/t11-,12+,13?/m0/s1. The Balaban J connectivity index is 2.00. The third-order valence-corrected chi connectivity index (χ3v) is 4.52. The first-order chi connectivity index (χ1) is 8.80. The van der Waals surface area contributed by atoms with Gasteiger partial charge in [-0.05, 0) is 31.1 Å². The minimum absolute atomic E-state index is 0.0289. The van der Waals surface area contributed by atoms with Crippen LogP contribution in [0.15, 0.2) is 0 Å². The summed E-state index contributed by atoms with van der Waals surface area (Å²) in [7, 11) is 0. The minimum atomic E-state index is -0.186. The first kappa shape index (κ1) is 14.5. The molecule has 0 aromatic carbocycles. The van der Waals surface area contributed by atoms with Crippen molar-refractivity contribution < 1.29 is 9.59 Å². The lowest BCUT2D eigenvalue weighted by Gasteiger charge is -2.29. The summed E-state index contributed by atoms with van der Waals surface area (Å²) in [5.41, 5.74) is 0.185. The number of rotatable bonds is 2. The van der Waals surface area contributed by atoms with Gasteiger partial charge >= 0.3 is 0 Å². The van der Waals surface area contributed by atoms with Gasteiger partial charge in [0.25, 0.3) is 0 Å². The minimum Gasteiger partial charge on any atom is -0.333 e. The number of nitrogens with one attached hydrogen (secondary N) is 1. The zero-order valence-electron chi connectivity index (χ0n) is 12.5. The molecule has 2 aliphatic rings. The molecule has 2 rings (SSSR count). The molecule has 1 amide bonds. The van der Waals surface area contributed by atoms with Crippen LogP contribution in [0.3, 0.4) is 0 Å². The Labute approximate surface area is 115 Å². The van der Waals surface area contributed by atoms with E-state index < -0.39 is 0 Å². The highest BCUT2D eigenvalue weighted by molar-refractivity contribution is 5.93. The van der Waals surface area contributed by atoms with Crippen molar-refractivity contribution in [3.05, 3.63) is 0 Å². The Morgan fingerprint density at radius 2 is 1.84 bits per heavy atom. The summed E-state index contributed by atoms with van der Waals surface area (Å²) in [5, 5.41) is 3.48. The average Bonchev–Trinajstić information content (AvgIpc) is 2.96. The molecule has 0 aliphatic carbocycles. The van der Waals surface area contributed by atoms with Gasteiger partial charge in [0.15, 0.2) is 5.78 Å². The third-order valence-electron chi connectivity index (χ3n) is 4.52. The van der Waals surface area contributed by atoms with E-state index in [0.717, 1.165) is 32.2 Å². The van der Waals surface area contributed by atoms with E-state index in [1.807, 2.05) is 0 Å². The van der Waals surface area contributed by atoms with Crippen molar-refractivity contribution in [2.75, 3.05) is 6.54 Å². The van der Waals surface area contributed by atoms with E-state index in [1.165, 1.54) is 0 Å². The molecule has 2 heterocycles. The fourth-order valence-corrected chi connectivity index (χ4v) is 3.32. The number of hydrogen-bond acceptors (Lipinski definition) is 3. The van der Waals surface area contributed by atoms with Crippen molar-refractivity contribution >= 4 is 11.7 Å². The first-order valence-electron chi connectivity index (χ1n) is 7.37. The second-order valence-corrected chi connectivity index (χ2v) is 6.99. The van der Waals surface area contributed by atoms with E-state index in [4.69, 9.17) is 0 Å². The summed E-state index contributed by atoms with van der Waals surface area (Å²) in [6, 6.07) is 0.150. The van der Waals surface area contributed by atoms with Crippen LogP contribution in [0.5, 0.6) is 0 Å². The van der Waals surface area contributed by atoms with E-state index in [0.29, 0.717) is 6.04 Å². The second-order valence-electron chi connectivity index (χ2n) is 6.99. The highest BCUT2D eigenvalue weighted by atomic mass is 16.2. The summed E-state index contributed by atoms with van der Waals surface area (Å²) in [6.45, 7) is 8.91. The van der Waals surface area contributed by atoms with Crippen LogP contribution in [-0.4, -0.2) is 41.3 Å². The normalized spacial score (nSPS) is 31.8. The van der Waals surface area contributed by atoms with Gasteiger partial charge in [0.2, 0.25) is 5.91 Å². The SMILES string of the molecule is CC(=O)N1CCC[C@@H]1C(=O)[C@@H]1CCC(C(C)(C)C)N1. The molecular formula is C15H26N2O2. The quantitative estimate of drug-likeness (QED) is 0.828. The molecular weight excluding hydrogens is 240 g/mol. The smallest absolute Gasteiger partial charge is 0.220 e. The van der Waals surface area contributed by atoms with Crippen molar-refractivity contribution in [2.45, 2.75) is 71.5 Å². The van der Waals surface area contributed by atoms with Crippen LogP contribution in [0.1, 0.15) is 53.4 Å². The van der Waals surface area contributed by atoms with Gasteiger partial charge in [-0.3, -0.25) is 9.59 Å². The van der Waals surface area contributed by atoms with Crippen molar-refractivity contribution in [2.24, 2.45) is 5.41 Å². The molecule has 2 saturated heterocycles. The van der Waals surface area contributed by atoms with Crippen molar-refractivity contribution in [1.29, 1.82) is 0 Å². The monoisotopic (exact) mass is 266 g/mol. The molecule has 4 nitrogen and oxygen atoms in total. The molecule has 2 fully saturated rings. The van der Waals surface area contributed by atoms with Crippen LogP contribution in [0.2, 0.25) is 0 Å². The summed E-state index contributed by atoms with van der Waals surface area (Å²) in [6.07, 6.45) is 3.73. The van der Waals surface area contributed by atoms with E-state index in [9.17, 15) is 9.59 Å². The van der Waals surface area contributed by atoms with Crippen LogP contribution in [-0.2, 0) is 9.59 Å². The summed E-state index contributed by atoms with van der Waals surface area (Å²) in [4.78, 5) is 25.9. The van der Waals surface area contributed by atoms with Crippen LogP contribution in [0.4, 0.5) is 0 Å². The van der Waals surface area contributed by atoms with Gasteiger partial charge in [0.1, 0.15) is 0 Å². The molecule has 108 valence electrons. The van der Waals surface area contributed by atoms with Gasteiger partial charge in [-0.25, -0.2) is 0 Å². The Bertz CT molecular complexity index is 373. The topological polar surface area (TPSA) is 49.4 Å². The number of carbonyl (C=O) groups excluding carboxylic acids is 2. The second kappa shape index (κ2) is 5.23. The maximum Gasteiger partial charge on any atom is 0.220 e. The maximum atomic E-state index is 12.6. The first-order valence-corrected chi connectivity index (χ1v) is 7.37.